The van der Waals surface area contributed by atoms with Crippen LogP contribution in [-0.4, -0.2) is 12.1 Å². The Hall–Kier alpha value is -0.660. The normalized spacial score (nSPS) is 40.9. The minimum Gasteiger partial charge on any atom is -0.295 e. The maximum Gasteiger partial charge on any atom is 0.201 e. The molecule has 0 amide bonds. The molecule has 0 radical (unpaired) electrons. The predicted molar refractivity (Wildman–Crippen MR) is 40.1 cm³/mol. The highest BCUT2D eigenvalue weighted by Gasteiger charge is 2.49. The number of ketones is 1. The van der Waals surface area contributed by atoms with Crippen molar-refractivity contribution in [3.8, 4) is 0 Å². The molecule has 2 heteroatoms. The Bertz CT molecular complexity index is 200. The zero-order chi connectivity index (χ0) is 7.90. The van der Waals surface area contributed by atoms with Gasteiger partial charge in [-0.3, -0.25) is 9.59 Å². The van der Waals surface area contributed by atoms with E-state index in [-0.39, 0.29) is 11.2 Å². The molecular weight excluding hydrogens is 140 g/mol. The highest BCUT2D eigenvalue weighted by Crippen LogP contribution is 2.54. The van der Waals surface area contributed by atoms with E-state index in [1.165, 1.54) is 12.8 Å². The van der Waals surface area contributed by atoms with Crippen LogP contribution in [0.15, 0.2) is 0 Å². The van der Waals surface area contributed by atoms with Crippen LogP contribution in [0.1, 0.15) is 32.1 Å². The lowest BCUT2D eigenvalue weighted by atomic mass is 9.81. The second-order valence-electron chi connectivity index (χ2n) is 3.91. The maximum absolute atomic E-state index is 11.2. The van der Waals surface area contributed by atoms with Gasteiger partial charge in [-0.05, 0) is 38.0 Å². The highest BCUT2D eigenvalue weighted by atomic mass is 16.2. The fraction of sp³-hybridized carbons (Fsp3) is 0.778. The van der Waals surface area contributed by atoms with E-state index < -0.39 is 0 Å². The molecule has 2 nitrogen and oxygen atoms in total. The van der Waals surface area contributed by atoms with Crippen molar-refractivity contribution in [3.05, 3.63) is 0 Å². The molecule has 11 heavy (non-hydrogen) atoms. The van der Waals surface area contributed by atoms with Crippen LogP contribution in [0.3, 0.4) is 0 Å². The number of Topliss-reactive ketones (excluding diaryl/α,β-unsaturated/α-hetero) is 1. The summed E-state index contributed by atoms with van der Waals surface area (Å²) < 4.78 is 0. The maximum atomic E-state index is 11.2. The number of hydrogen-bond acceptors (Lipinski definition) is 2. The first-order chi connectivity index (χ1) is 5.27. The van der Waals surface area contributed by atoms with Gasteiger partial charge in [0.05, 0.1) is 0 Å². The van der Waals surface area contributed by atoms with Crippen LogP contribution in [-0.2, 0) is 9.59 Å². The van der Waals surface area contributed by atoms with Crippen molar-refractivity contribution in [2.45, 2.75) is 32.1 Å². The van der Waals surface area contributed by atoms with Crippen molar-refractivity contribution in [2.75, 3.05) is 0 Å². The first kappa shape index (κ1) is 7.01. The smallest absolute Gasteiger partial charge is 0.201 e. The van der Waals surface area contributed by atoms with E-state index in [9.17, 15) is 9.59 Å². The van der Waals surface area contributed by atoms with E-state index in [0.717, 1.165) is 25.2 Å². The lowest BCUT2D eigenvalue weighted by molar-refractivity contribution is -0.136. The predicted octanol–water partition coefficient (Wildman–Crippen LogP) is 1.33. The first-order valence-electron chi connectivity index (χ1n) is 4.26. The summed E-state index contributed by atoms with van der Waals surface area (Å²) in [6.45, 7) is 0. The third-order valence-corrected chi connectivity index (χ3v) is 3.37. The molecule has 2 fully saturated rings. The summed E-state index contributed by atoms with van der Waals surface area (Å²) in [6.07, 6.45) is 5.78. The van der Waals surface area contributed by atoms with Crippen LogP contribution in [0.25, 0.3) is 0 Å². The second kappa shape index (κ2) is 2.16. The first-order valence-corrected chi connectivity index (χ1v) is 4.26. The summed E-state index contributed by atoms with van der Waals surface area (Å²) in [4.78, 5) is 21.6. The molecule has 0 aromatic rings. The summed E-state index contributed by atoms with van der Waals surface area (Å²) in [6, 6.07) is 0. The van der Waals surface area contributed by atoms with E-state index in [1.807, 2.05) is 0 Å². The molecule has 0 saturated heterocycles. The summed E-state index contributed by atoms with van der Waals surface area (Å²) >= 11 is 0. The largest absolute Gasteiger partial charge is 0.295 e. The minimum atomic E-state index is -0.188. The Labute approximate surface area is 66.0 Å². The van der Waals surface area contributed by atoms with Gasteiger partial charge in [0.2, 0.25) is 5.78 Å². The minimum absolute atomic E-state index is 0.141. The average Bonchev–Trinajstić information content (AvgIpc) is 2.62. The fourth-order valence-electron chi connectivity index (χ4n) is 2.66. The molecule has 0 N–H and O–H groups in total. The highest BCUT2D eigenvalue weighted by molar-refractivity contribution is 6.27. The molecule has 2 aliphatic carbocycles. The lowest BCUT2D eigenvalue weighted by Crippen LogP contribution is -2.26. The quantitative estimate of drug-likeness (QED) is 0.442. The fourth-order valence-corrected chi connectivity index (χ4v) is 2.66. The SMILES string of the molecule is O=CC(=O)C12CCC(CC1)C2. The summed E-state index contributed by atoms with van der Waals surface area (Å²) in [7, 11) is 0. The molecule has 0 heterocycles. The van der Waals surface area contributed by atoms with Gasteiger partial charge >= 0.3 is 0 Å². The molecular formula is C9H12O2. The molecule has 2 bridgehead atoms. The van der Waals surface area contributed by atoms with Gasteiger partial charge < -0.3 is 0 Å². The molecule has 60 valence electrons. The number of hydrogen-bond donors (Lipinski definition) is 0. The van der Waals surface area contributed by atoms with Gasteiger partial charge in [-0.25, -0.2) is 0 Å². The Morgan fingerprint density at radius 1 is 1.36 bits per heavy atom. The third kappa shape index (κ3) is 0.849. The van der Waals surface area contributed by atoms with E-state index in [2.05, 4.69) is 0 Å². The lowest BCUT2D eigenvalue weighted by Gasteiger charge is -2.21. The zero-order valence-electron chi connectivity index (χ0n) is 6.51. The van der Waals surface area contributed by atoms with Crippen molar-refractivity contribution < 1.29 is 9.59 Å². The molecule has 2 aliphatic rings. The standard InChI is InChI=1S/C9H12O2/c10-6-8(11)9-3-1-7(5-9)2-4-9/h6-7H,1-5H2. The van der Waals surface area contributed by atoms with Gasteiger partial charge in [0, 0.05) is 5.41 Å². The average molecular weight is 152 g/mol. The van der Waals surface area contributed by atoms with Gasteiger partial charge in [0.15, 0.2) is 6.29 Å². The van der Waals surface area contributed by atoms with E-state index >= 15 is 0 Å². The molecule has 0 aromatic heterocycles. The molecule has 0 aromatic carbocycles. The van der Waals surface area contributed by atoms with Gasteiger partial charge in [-0.2, -0.15) is 0 Å². The summed E-state index contributed by atoms with van der Waals surface area (Å²) in [5.74, 6) is 0.608. The van der Waals surface area contributed by atoms with E-state index in [4.69, 9.17) is 0 Å². The van der Waals surface area contributed by atoms with Crippen molar-refractivity contribution >= 4 is 12.1 Å². The van der Waals surface area contributed by atoms with E-state index in [1.54, 1.807) is 0 Å². The van der Waals surface area contributed by atoms with Crippen LogP contribution in [0.4, 0.5) is 0 Å². The number of fused-ring (bicyclic) bond motifs is 2. The molecule has 0 atom stereocenters. The van der Waals surface area contributed by atoms with Crippen molar-refractivity contribution in [1.82, 2.24) is 0 Å². The van der Waals surface area contributed by atoms with Gasteiger partial charge in [0.25, 0.3) is 0 Å². The molecule has 2 rings (SSSR count). The molecule has 0 spiro atoms. The van der Waals surface area contributed by atoms with Crippen LogP contribution < -0.4 is 0 Å². The topological polar surface area (TPSA) is 34.1 Å². The Morgan fingerprint density at radius 2 is 2.00 bits per heavy atom. The third-order valence-electron chi connectivity index (χ3n) is 3.37. The molecule has 2 saturated carbocycles. The van der Waals surface area contributed by atoms with Crippen molar-refractivity contribution in [2.24, 2.45) is 11.3 Å². The van der Waals surface area contributed by atoms with Gasteiger partial charge in [0.1, 0.15) is 0 Å². The second-order valence-corrected chi connectivity index (χ2v) is 3.91. The van der Waals surface area contributed by atoms with Crippen LogP contribution in [0.2, 0.25) is 0 Å². The summed E-state index contributed by atoms with van der Waals surface area (Å²) in [5.41, 5.74) is -0.188. The van der Waals surface area contributed by atoms with E-state index in [0.29, 0.717) is 6.29 Å². The van der Waals surface area contributed by atoms with Crippen LogP contribution in [0, 0.1) is 11.3 Å². The monoisotopic (exact) mass is 152 g/mol. The van der Waals surface area contributed by atoms with Crippen molar-refractivity contribution in [3.63, 3.8) is 0 Å². The number of carbonyl (C=O) groups is 2. The zero-order valence-corrected chi connectivity index (χ0v) is 6.51. The Morgan fingerprint density at radius 3 is 2.36 bits per heavy atom. The number of rotatable bonds is 2. The number of carbonyl (C=O) groups excluding carboxylic acids is 2. The van der Waals surface area contributed by atoms with Gasteiger partial charge in [-0.15, -0.1) is 0 Å². The van der Waals surface area contributed by atoms with Gasteiger partial charge in [-0.1, -0.05) is 0 Å². The van der Waals surface area contributed by atoms with Crippen LogP contribution in [0.5, 0.6) is 0 Å². The molecule has 0 aliphatic heterocycles. The number of aldehydes is 1. The molecule has 0 unspecified atom stereocenters. The van der Waals surface area contributed by atoms with Crippen molar-refractivity contribution in [1.29, 1.82) is 0 Å². The summed E-state index contributed by atoms with van der Waals surface area (Å²) in [5, 5.41) is 0. The Kier molecular flexibility index (Phi) is 1.38. The van der Waals surface area contributed by atoms with Crippen LogP contribution >= 0.6 is 0 Å². The Balaban J connectivity index is 2.22.